The molecule has 0 fully saturated rings. The summed E-state index contributed by atoms with van der Waals surface area (Å²) in [7, 11) is 0. The predicted molar refractivity (Wildman–Crippen MR) is 92.9 cm³/mol. The molecule has 0 saturated heterocycles. The van der Waals surface area contributed by atoms with Gasteiger partial charge in [-0.05, 0) is 25.2 Å². The molecule has 20 heavy (non-hydrogen) atoms. The number of hydrogen-bond donors (Lipinski definition) is 0. The highest BCUT2D eigenvalue weighted by Gasteiger charge is 2.05. The van der Waals surface area contributed by atoms with Crippen LogP contribution in [0.15, 0.2) is 0 Å². The third-order valence-electron chi connectivity index (χ3n) is 4.24. The first kappa shape index (κ1) is 19.6. The molecule has 0 heterocycles. The number of rotatable bonds is 13. The third-order valence-corrected chi connectivity index (χ3v) is 4.24. The summed E-state index contributed by atoms with van der Waals surface area (Å²) in [5.74, 6) is 7.60. The van der Waals surface area contributed by atoms with Gasteiger partial charge in [0.15, 0.2) is 0 Å². The van der Waals surface area contributed by atoms with Gasteiger partial charge in [-0.3, -0.25) is 0 Å². The third kappa shape index (κ3) is 14.0. The summed E-state index contributed by atoms with van der Waals surface area (Å²) in [5.41, 5.74) is 0. The minimum absolute atomic E-state index is 0.957. The lowest BCUT2D eigenvalue weighted by Gasteiger charge is -2.13. The van der Waals surface area contributed by atoms with Crippen LogP contribution in [0.25, 0.3) is 0 Å². The average molecular weight is 279 g/mol. The van der Waals surface area contributed by atoms with Crippen molar-refractivity contribution in [3.63, 3.8) is 0 Å². The van der Waals surface area contributed by atoms with Crippen molar-refractivity contribution in [1.82, 2.24) is 0 Å². The molecule has 1 unspecified atom stereocenters. The molecule has 0 heteroatoms. The van der Waals surface area contributed by atoms with Crippen LogP contribution >= 0.6 is 0 Å². The van der Waals surface area contributed by atoms with Crippen LogP contribution in [0.4, 0.5) is 0 Å². The van der Waals surface area contributed by atoms with E-state index in [-0.39, 0.29) is 0 Å². The van der Waals surface area contributed by atoms with E-state index in [1.807, 2.05) is 0 Å². The molecule has 0 aliphatic rings. The molecule has 0 aliphatic carbocycles. The summed E-state index contributed by atoms with van der Waals surface area (Å²) in [5, 5.41) is 0. The molecule has 0 aromatic rings. The molecule has 1 atom stereocenters. The maximum absolute atomic E-state index is 3.34. The van der Waals surface area contributed by atoms with Crippen LogP contribution in [-0.4, -0.2) is 0 Å². The monoisotopic (exact) mass is 278 g/mol. The van der Waals surface area contributed by atoms with Crippen LogP contribution in [0.5, 0.6) is 0 Å². The van der Waals surface area contributed by atoms with Gasteiger partial charge in [0.05, 0.1) is 0 Å². The SMILES string of the molecule is CCCCC#CCCCC(CC)CCCCCCCC. The zero-order valence-corrected chi connectivity index (χ0v) is 14.5. The van der Waals surface area contributed by atoms with Crippen molar-refractivity contribution in [2.75, 3.05) is 0 Å². The van der Waals surface area contributed by atoms with Crippen LogP contribution in [0.1, 0.15) is 111 Å². The Morgan fingerprint density at radius 1 is 0.600 bits per heavy atom. The Balaban J connectivity index is 3.43. The summed E-state index contributed by atoms with van der Waals surface area (Å²) in [4.78, 5) is 0. The molecular weight excluding hydrogens is 240 g/mol. The van der Waals surface area contributed by atoms with Gasteiger partial charge in [-0.1, -0.05) is 78.6 Å². The molecule has 0 aromatic carbocycles. The summed E-state index contributed by atoms with van der Waals surface area (Å²) < 4.78 is 0. The summed E-state index contributed by atoms with van der Waals surface area (Å²) >= 11 is 0. The Morgan fingerprint density at radius 2 is 1.15 bits per heavy atom. The summed E-state index contributed by atoms with van der Waals surface area (Å²) in [6, 6.07) is 0. The standard InChI is InChI=1S/C20H38/c1-4-7-9-11-13-15-17-19-20(6-3)18-16-14-12-10-8-5-2/h20H,4-10,12,14-19H2,1-3H3. The number of unbranched alkanes of at least 4 members (excludes halogenated alkanes) is 8. The fraction of sp³-hybridized carbons (Fsp3) is 0.900. The normalized spacial score (nSPS) is 11.9. The van der Waals surface area contributed by atoms with Gasteiger partial charge < -0.3 is 0 Å². The molecule has 0 saturated carbocycles. The first-order valence-corrected chi connectivity index (χ1v) is 9.30. The van der Waals surface area contributed by atoms with E-state index in [1.54, 1.807) is 0 Å². The molecule has 0 bridgehead atoms. The second-order valence-corrected chi connectivity index (χ2v) is 6.18. The second kappa shape index (κ2) is 16.6. The molecule has 0 amide bonds. The van der Waals surface area contributed by atoms with Crippen molar-refractivity contribution < 1.29 is 0 Å². The van der Waals surface area contributed by atoms with E-state index in [1.165, 1.54) is 77.0 Å². The second-order valence-electron chi connectivity index (χ2n) is 6.18. The fourth-order valence-corrected chi connectivity index (χ4v) is 2.69. The van der Waals surface area contributed by atoms with Gasteiger partial charge in [-0.2, -0.15) is 0 Å². The maximum atomic E-state index is 3.34. The van der Waals surface area contributed by atoms with E-state index in [9.17, 15) is 0 Å². The van der Waals surface area contributed by atoms with E-state index in [2.05, 4.69) is 32.6 Å². The van der Waals surface area contributed by atoms with Crippen molar-refractivity contribution in [3.8, 4) is 11.8 Å². The highest BCUT2D eigenvalue weighted by atomic mass is 14.1. The quantitative estimate of drug-likeness (QED) is 0.248. The van der Waals surface area contributed by atoms with Crippen LogP contribution in [0, 0.1) is 17.8 Å². The van der Waals surface area contributed by atoms with Crippen LogP contribution in [0.2, 0.25) is 0 Å². The number of hydrogen-bond acceptors (Lipinski definition) is 0. The van der Waals surface area contributed by atoms with Gasteiger partial charge in [-0.25, -0.2) is 0 Å². The summed E-state index contributed by atoms with van der Waals surface area (Å²) in [6.07, 6.45) is 18.9. The minimum Gasteiger partial charge on any atom is -0.103 e. The molecule has 118 valence electrons. The Hall–Kier alpha value is -0.440. The molecule has 0 aromatic heterocycles. The van der Waals surface area contributed by atoms with Crippen molar-refractivity contribution >= 4 is 0 Å². The Morgan fingerprint density at radius 3 is 1.80 bits per heavy atom. The van der Waals surface area contributed by atoms with E-state index < -0.39 is 0 Å². The maximum Gasteiger partial charge on any atom is 0.00887 e. The molecule has 0 N–H and O–H groups in total. The zero-order chi connectivity index (χ0) is 14.9. The van der Waals surface area contributed by atoms with Crippen molar-refractivity contribution in [2.45, 2.75) is 111 Å². The average Bonchev–Trinajstić information content (AvgIpc) is 2.47. The zero-order valence-electron chi connectivity index (χ0n) is 14.5. The van der Waals surface area contributed by atoms with Crippen LogP contribution < -0.4 is 0 Å². The lowest BCUT2D eigenvalue weighted by Crippen LogP contribution is -1.98. The van der Waals surface area contributed by atoms with Gasteiger partial charge in [-0.15, -0.1) is 11.8 Å². The smallest absolute Gasteiger partial charge is 0.00887 e. The van der Waals surface area contributed by atoms with E-state index >= 15 is 0 Å². The van der Waals surface area contributed by atoms with Gasteiger partial charge in [0.2, 0.25) is 0 Å². The molecule has 0 nitrogen and oxygen atoms in total. The molecule has 0 aliphatic heterocycles. The fourth-order valence-electron chi connectivity index (χ4n) is 2.69. The van der Waals surface area contributed by atoms with Crippen LogP contribution in [0.3, 0.4) is 0 Å². The topological polar surface area (TPSA) is 0 Å². The highest BCUT2D eigenvalue weighted by Crippen LogP contribution is 2.20. The lowest BCUT2D eigenvalue weighted by molar-refractivity contribution is 0.404. The predicted octanol–water partition coefficient (Wildman–Crippen LogP) is 7.13. The highest BCUT2D eigenvalue weighted by molar-refractivity contribution is 4.98. The largest absolute Gasteiger partial charge is 0.103 e. The van der Waals surface area contributed by atoms with Gasteiger partial charge >= 0.3 is 0 Å². The molecular formula is C20H38. The first-order chi connectivity index (χ1) is 9.85. The summed E-state index contributed by atoms with van der Waals surface area (Å²) in [6.45, 7) is 6.88. The van der Waals surface area contributed by atoms with E-state index in [0.29, 0.717) is 0 Å². The Kier molecular flexibility index (Phi) is 16.2. The van der Waals surface area contributed by atoms with Gasteiger partial charge in [0, 0.05) is 12.8 Å². The van der Waals surface area contributed by atoms with Crippen molar-refractivity contribution in [3.05, 3.63) is 0 Å². The van der Waals surface area contributed by atoms with Gasteiger partial charge in [0.1, 0.15) is 0 Å². The molecule has 0 rings (SSSR count). The Bertz CT molecular complexity index is 230. The van der Waals surface area contributed by atoms with Crippen molar-refractivity contribution in [2.24, 2.45) is 5.92 Å². The van der Waals surface area contributed by atoms with Crippen molar-refractivity contribution in [1.29, 1.82) is 0 Å². The van der Waals surface area contributed by atoms with Crippen LogP contribution in [-0.2, 0) is 0 Å². The lowest BCUT2D eigenvalue weighted by atomic mass is 9.93. The van der Waals surface area contributed by atoms with E-state index in [0.717, 1.165) is 18.8 Å². The minimum atomic E-state index is 0.957. The van der Waals surface area contributed by atoms with Gasteiger partial charge in [0.25, 0.3) is 0 Å². The first-order valence-electron chi connectivity index (χ1n) is 9.30. The molecule has 0 radical (unpaired) electrons. The Labute approximate surface area is 129 Å². The van der Waals surface area contributed by atoms with E-state index in [4.69, 9.17) is 0 Å². The molecule has 0 spiro atoms.